The number of likely N-dealkylation sites (tertiary alicyclic amines) is 1. The van der Waals surface area contributed by atoms with E-state index in [-0.39, 0.29) is 30.1 Å². The van der Waals surface area contributed by atoms with Gasteiger partial charge in [-0.15, -0.1) is 6.58 Å². The Labute approximate surface area is 269 Å². The number of amides is 2. The van der Waals surface area contributed by atoms with Gasteiger partial charge in [0.2, 0.25) is 5.91 Å². The van der Waals surface area contributed by atoms with E-state index in [1.807, 2.05) is 26.8 Å². The average molecular weight is 643 g/mol. The second-order valence-corrected chi connectivity index (χ2v) is 13.7. The van der Waals surface area contributed by atoms with Crippen LogP contribution in [0, 0.1) is 23.2 Å². The highest BCUT2D eigenvalue weighted by Gasteiger charge is 2.54. The minimum Gasteiger partial charge on any atom is -0.497 e. The number of alkyl carbamates (subject to hydrolysis) is 1. The first-order chi connectivity index (χ1) is 21.4. The molecule has 1 N–H and O–H groups in total. The van der Waals surface area contributed by atoms with Crippen molar-refractivity contribution in [2.24, 2.45) is 23.2 Å². The van der Waals surface area contributed by atoms with Crippen LogP contribution in [0.4, 0.5) is 4.79 Å². The van der Waals surface area contributed by atoms with E-state index in [1.54, 1.807) is 25.3 Å². The van der Waals surface area contributed by atoms with Crippen molar-refractivity contribution in [1.82, 2.24) is 20.2 Å². The molecule has 0 spiro atoms. The first kappa shape index (κ1) is 32.8. The number of aromatic nitrogens is 2. The Morgan fingerprint density at radius 3 is 2.62 bits per heavy atom. The predicted octanol–water partition coefficient (Wildman–Crippen LogP) is 5.33. The van der Waals surface area contributed by atoms with Gasteiger partial charge in [0.1, 0.15) is 30.0 Å². The molecule has 0 radical (unpaired) electrons. The lowest BCUT2D eigenvalue weighted by molar-refractivity contribution is -0.152. The second-order valence-electron chi connectivity index (χ2n) is 13.3. The SMILES string of the molecule is C=CCCC[C@H]1[C@H](OC(=O)N[C@H](C(=O)N2C[C@H](Oc3nc4cc(OC)ccc4nc3Cl)C[C@H]2C(=O)OC)C(C)(C)C)CC2C[C@@H]21. The third kappa shape index (κ3) is 7.29. The lowest BCUT2D eigenvalue weighted by Gasteiger charge is -2.35. The van der Waals surface area contributed by atoms with Gasteiger partial charge in [0, 0.05) is 12.5 Å². The number of hydrogen-bond acceptors (Lipinski definition) is 9. The number of halogens is 1. The number of esters is 1. The number of nitrogens with one attached hydrogen (secondary N) is 1. The smallest absolute Gasteiger partial charge is 0.408 e. The van der Waals surface area contributed by atoms with E-state index >= 15 is 0 Å². The number of fused-ring (bicyclic) bond motifs is 2. The summed E-state index contributed by atoms with van der Waals surface area (Å²) in [6, 6.07) is 3.30. The normalized spacial score (nSPS) is 26.1. The second kappa shape index (κ2) is 13.4. The fourth-order valence-electron chi connectivity index (χ4n) is 6.79. The standard InChI is InChI=1S/C33H43ClN4O7/c1-7-8-9-10-21-22-13-18(22)14-26(21)45-32(41)37-27(33(2,3)4)30(39)38-17-20(16-25(38)31(40)43-6)44-29-28(34)35-23-12-11-19(42-5)15-24(23)36-29/h7,11-12,15,18,20-22,25-27H,1,8-10,13-14,16-17H2,2-6H3,(H,37,41)/t18?,20-,21-,22+,25+,26-,27-/m1/s1. The molecule has 5 rings (SSSR count). The fourth-order valence-corrected chi connectivity index (χ4v) is 6.97. The van der Waals surface area contributed by atoms with Crippen LogP contribution in [0.5, 0.6) is 11.6 Å². The molecule has 244 valence electrons. The quantitative estimate of drug-likeness (QED) is 0.196. The van der Waals surface area contributed by atoms with Gasteiger partial charge in [-0.1, -0.05) is 38.4 Å². The number of ether oxygens (including phenoxy) is 4. The van der Waals surface area contributed by atoms with Crippen LogP contribution < -0.4 is 14.8 Å². The Morgan fingerprint density at radius 2 is 1.93 bits per heavy atom. The van der Waals surface area contributed by atoms with Crippen LogP contribution in [0.2, 0.25) is 5.15 Å². The van der Waals surface area contributed by atoms with Gasteiger partial charge in [0.05, 0.1) is 31.8 Å². The molecule has 0 bridgehead atoms. The number of benzene rings is 1. The average Bonchev–Trinajstić information content (AvgIpc) is 3.49. The molecule has 1 aliphatic heterocycles. The fraction of sp³-hybridized carbons (Fsp3) is 0.606. The van der Waals surface area contributed by atoms with Crippen molar-refractivity contribution in [3.8, 4) is 11.6 Å². The minimum absolute atomic E-state index is 0.0490. The zero-order valence-electron chi connectivity index (χ0n) is 26.6. The third-order valence-corrected chi connectivity index (χ3v) is 9.46. The number of allylic oxidation sites excluding steroid dienone is 1. The molecule has 2 amide bonds. The van der Waals surface area contributed by atoms with Crippen molar-refractivity contribution in [2.75, 3.05) is 20.8 Å². The summed E-state index contributed by atoms with van der Waals surface area (Å²) in [5, 5.41) is 2.90. The third-order valence-electron chi connectivity index (χ3n) is 9.22. The molecule has 1 aromatic heterocycles. The number of carbonyl (C=O) groups is 3. The van der Waals surface area contributed by atoms with Crippen LogP contribution in [0.15, 0.2) is 30.9 Å². The summed E-state index contributed by atoms with van der Waals surface area (Å²) in [5.74, 6) is 1.21. The van der Waals surface area contributed by atoms with Crippen molar-refractivity contribution in [3.05, 3.63) is 36.0 Å². The summed E-state index contributed by atoms with van der Waals surface area (Å²) in [4.78, 5) is 50.6. The first-order valence-corrected chi connectivity index (χ1v) is 16.0. The summed E-state index contributed by atoms with van der Waals surface area (Å²) in [5.41, 5.74) is 0.387. The lowest BCUT2D eigenvalue weighted by Crippen LogP contribution is -2.57. The maximum atomic E-state index is 14.1. The molecule has 11 nitrogen and oxygen atoms in total. The number of methoxy groups -OCH3 is 2. The predicted molar refractivity (Wildman–Crippen MR) is 168 cm³/mol. The van der Waals surface area contributed by atoms with Crippen LogP contribution in [-0.4, -0.2) is 77.9 Å². The van der Waals surface area contributed by atoms with Crippen molar-refractivity contribution in [3.63, 3.8) is 0 Å². The zero-order valence-corrected chi connectivity index (χ0v) is 27.3. The van der Waals surface area contributed by atoms with E-state index in [9.17, 15) is 14.4 Å². The van der Waals surface area contributed by atoms with Gasteiger partial charge >= 0.3 is 12.1 Å². The molecule has 2 aromatic rings. The molecule has 2 saturated carbocycles. The molecule has 1 unspecified atom stereocenters. The molecule has 2 heterocycles. The van der Waals surface area contributed by atoms with Crippen molar-refractivity contribution >= 4 is 40.6 Å². The van der Waals surface area contributed by atoms with Crippen molar-refractivity contribution < 1.29 is 33.3 Å². The van der Waals surface area contributed by atoms with Gasteiger partial charge in [0.25, 0.3) is 5.88 Å². The summed E-state index contributed by atoms with van der Waals surface area (Å²) in [6.07, 6.45) is 5.61. The number of carbonyl (C=O) groups excluding carboxylic acids is 3. The Bertz CT molecular complexity index is 1450. The van der Waals surface area contributed by atoms with Gasteiger partial charge < -0.3 is 29.2 Å². The highest BCUT2D eigenvalue weighted by molar-refractivity contribution is 6.31. The molecule has 12 heteroatoms. The number of unbranched alkanes of at least 4 members (excludes halogenated alkanes) is 1. The Morgan fingerprint density at radius 1 is 1.16 bits per heavy atom. The van der Waals surface area contributed by atoms with Gasteiger partial charge in [0.15, 0.2) is 5.15 Å². The van der Waals surface area contributed by atoms with Crippen LogP contribution in [0.1, 0.15) is 59.3 Å². The molecule has 2 aliphatic carbocycles. The number of hydrogen-bond donors (Lipinski definition) is 1. The van der Waals surface area contributed by atoms with Crippen molar-refractivity contribution in [2.45, 2.75) is 83.6 Å². The summed E-state index contributed by atoms with van der Waals surface area (Å²) >= 11 is 6.41. The van der Waals surface area contributed by atoms with E-state index in [2.05, 4.69) is 21.9 Å². The molecule has 1 aromatic carbocycles. The summed E-state index contributed by atoms with van der Waals surface area (Å²) in [7, 11) is 2.82. The molecular weight excluding hydrogens is 600 g/mol. The molecule has 45 heavy (non-hydrogen) atoms. The largest absolute Gasteiger partial charge is 0.497 e. The van der Waals surface area contributed by atoms with Gasteiger partial charge in [-0.05, 0) is 67.4 Å². The Hall–Kier alpha value is -3.60. The Balaban J connectivity index is 1.30. The first-order valence-electron chi connectivity index (χ1n) is 15.6. The lowest BCUT2D eigenvalue weighted by atomic mass is 9.85. The highest BCUT2D eigenvalue weighted by atomic mass is 35.5. The van der Waals surface area contributed by atoms with Crippen LogP contribution in [-0.2, 0) is 19.1 Å². The minimum atomic E-state index is -0.970. The summed E-state index contributed by atoms with van der Waals surface area (Å²) < 4.78 is 22.4. The van der Waals surface area contributed by atoms with E-state index in [0.717, 1.165) is 25.7 Å². The summed E-state index contributed by atoms with van der Waals surface area (Å²) in [6.45, 7) is 9.43. The monoisotopic (exact) mass is 642 g/mol. The van der Waals surface area contributed by atoms with Crippen molar-refractivity contribution in [1.29, 1.82) is 0 Å². The van der Waals surface area contributed by atoms with Crippen LogP contribution in [0.3, 0.4) is 0 Å². The topological polar surface area (TPSA) is 129 Å². The maximum Gasteiger partial charge on any atom is 0.408 e. The zero-order chi connectivity index (χ0) is 32.5. The molecular formula is C33H43ClN4O7. The molecule has 1 saturated heterocycles. The van der Waals surface area contributed by atoms with Crippen LogP contribution >= 0.6 is 11.6 Å². The Kier molecular flexibility index (Phi) is 9.77. The molecule has 3 fully saturated rings. The molecule has 3 aliphatic rings. The van der Waals surface area contributed by atoms with E-state index in [1.165, 1.54) is 18.4 Å². The van der Waals surface area contributed by atoms with E-state index < -0.39 is 41.6 Å². The van der Waals surface area contributed by atoms with E-state index in [0.29, 0.717) is 34.5 Å². The van der Waals surface area contributed by atoms with Gasteiger partial charge in [-0.2, -0.15) is 0 Å². The van der Waals surface area contributed by atoms with Gasteiger partial charge in [-0.25, -0.2) is 19.6 Å². The number of nitrogens with zero attached hydrogens (tertiary/aromatic N) is 3. The van der Waals surface area contributed by atoms with Gasteiger partial charge in [-0.3, -0.25) is 4.79 Å². The maximum absolute atomic E-state index is 14.1. The van der Waals surface area contributed by atoms with E-state index in [4.69, 9.17) is 30.5 Å². The highest BCUT2D eigenvalue weighted by Crippen LogP contribution is 2.57. The molecule has 7 atom stereocenters. The van der Waals surface area contributed by atoms with Crippen LogP contribution in [0.25, 0.3) is 11.0 Å². The number of rotatable bonds is 11.